The molecular weight excluding hydrogens is 228 g/mol. The molecule has 100 valence electrons. The lowest BCUT2D eigenvalue weighted by molar-refractivity contribution is 0.0435. The van der Waals surface area contributed by atoms with Crippen molar-refractivity contribution in [1.82, 2.24) is 0 Å². The molecule has 1 heterocycles. The number of benzene rings is 1. The first-order valence-corrected chi connectivity index (χ1v) is 6.63. The third kappa shape index (κ3) is 3.80. The van der Waals surface area contributed by atoms with E-state index < -0.39 is 0 Å². The lowest BCUT2D eigenvalue weighted by Gasteiger charge is -2.24. The summed E-state index contributed by atoms with van der Waals surface area (Å²) in [6, 6.07) is 8.03. The zero-order valence-corrected chi connectivity index (χ0v) is 11.0. The highest BCUT2D eigenvalue weighted by Crippen LogP contribution is 2.27. The van der Waals surface area contributed by atoms with Crippen LogP contribution in [0.1, 0.15) is 36.5 Å². The molecule has 1 unspecified atom stereocenters. The Balaban J connectivity index is 1.94. The highest BCUT2D eigenvalue weighted by Gasteiger charge is 2.18. The Morgan fingerprint density at radius 2 is 2.17 bits per heavy atom. The Bertz CT molecular complexity index is 359. The van der Waals surface area contributed by atoms with Crippen molar-refractivity contribution in [2.45, 2.75) is 32.0 Å². The number of methoxy groups -OCH3 is 1. The van der Waals surface area contributed by atoms with Crippen molar-refractivity contribution in [3.63, 3.8) is 0 Å². The molecule has 0 bridgehead atoms. The van der Waals surface area contributed by atoms with Crippen LogP contribution in [-0.2, 0) is 16.1 Å². The minimum absolute atomic E-state index is 0.370. The van der Waals surface area contributed by atoms with Crippen molar-refractivity contribution in [3.8, 4) is 0 Å². The second-order valence-corrected chi connectivity index (χ2v) is 4.99. The second-order valence-electron chi connectivity index (χ2n) is 4.99. The molecular formula is C15H22O3. The van der Waals surface area contributed by atoms with E-state index in [-0.39, 0.29) is 6.10 Å². The normalized spacial score (nSPS) is 18.8. The van der Waals surface area contributed by atoms with Crippen LogP contribution in [0.15, 0.2) is 24.3 Å². The van der Waals surface area contributed by atoms with Crippen LogP contribution in [0.25, 0.3) is 0 Å². The molecule has 0 spiro atoms. The maximum atomic E-state index is 10.3. The van der Waals surface area contributed by atoms with Crippen molar-refractivity contribution in [1.29, 1.82) is 0 Å². The maximum Gasteiger partial charge on any atom is 0.0792 e. The van der Waals surface area contributed by atoms with Crippen molar-refractivity contribution in [2.75, 3.05) is 20.3 Å². The number of hydrogen-bond acceptors (Lipinski definition) is 3. The molecule has 3 nitrogen and oxygen atoms in total. The van der Waals surface area contributed by atoms with Gasteiger partial charge in [0.15, 0.2) is 0 Å². The highest BCUT2D eigenvalue weighted by atomic mass is 16.5. The Kier molecular flexibility index (Phi) is 5.17. The van der Waals surface area contributed by atoms with Gasteiger partial charge >= 0.3 is 0 Å². The molecule has 1 aliphatic rings. The lowest BCUT2D eigenvalue weighted by Crippen LogP contribution is -2.18. The Labute approximate surface area is 109 Å². The van der Waals surface area contributed by atoms with Crippen LogP contribution < -0.4 is 0 Å². The van der Waals surface area contributed by atoms with Gasteiger partial charge in [0.05, 0.1) is 12.7 Å². The van der Waals surface area contributed by atoms with E-state index >= 15 is 0 Å². The predicted molar refractivity (Wildman–Crippen MR) is 70.3 cm³/mol. The third-order valence-corrected chi connectivity index (χ3v) is 3.54. The summed E-state index contributed by atoms with van der Waals surface area (Å²) >= 11 is 0. The van der Waals surface area contributed by atoms with Gasteiger partial charge in [-0.1, -0.05) is 24.3 Å². The molecule has 18 heavy (non-hydrogen) atoms. The van der Waals surface area contributed by atoms with Crippen LogP contribution in [-0.4, -0.2) is 25.4 Å². The van der Waals surface area contributed by atoms with E-state index in [2.05, 4.69) is 0 Å². The van der Waals surface area contributed by atoms with Gasteiger partial charge in [-0.3, -0.25) is 0 Å². The summed E-state index contributed by atoms with van der Waals surface area (Å²) in [5.74, 6) is 0.583. The van der Waals surface area contributed by atoms with Crippen LogP contribution in [0.4, 0.5) is 0 Å². The van der Waals surface area contributed by atoms with E-state index in [1.165, 1.54) is 0 Å². The molecule has 2 rings (SSSR count). The molecule has 1 saturated heterocycles. The molecule has 0 radical (unpaired) electrons. The van der Waals surface area contributed by atoms with E-state index in [1.54, 1.807) is 7.11 Å². The summed E-state index contributed by atoms with van der Waals surface area (Å²) in [6.45, 7) is 2.26. The number of aliphatic hydroxyl groups is 1. The number of hydrogen-bond donors (Lipinski definition) is 1. The quantitative estimate of drug-likeness (QED) is 0.873. The zero-order valence-electron chi connectivity index (χ0n) is 11.0. The van der Waals surface area contributed by atoms with Crippen molar-refractivity contribution in [3.05, 3.63) is 35.4 Å². The van der Waals surface area contributed by atoms with E-state index in [1.807, 2.05) is 24.3 Å². The fraction of sp³-hybridized carbons (Fsp3) is 0.600. The van der Waals surface area contributed by atoms with E-state index in [9.17, 15) is 5.11 Å². The van der Waals surface area contributed by atoms with E-state index in [0.29, 0.717) is 12.5 Å². The van der Waals surface area contributed by atoms with Gasteiger partial charge in [-0.25, -0.2) is 0 Å². The first kappa shape index (κ1) is 13.5. The minimum atomic E-state index is -0.370. The molecule has 1 fully saturated rings. The van der Waals surface area contributed by atoms with Gasteiger partial charge in [-0.15, -0.1) is 0 Å². The third-order valence-electron chi connectivity index (χ3n) is 3.54. The van der Waals surface area contributed by atoms with Gasteiger partial charge in [0, 0.05) is 20.3 Å². The lowest BCUT2D eigenvalue weighted by atomic mass is 9.90. The topological polar surface area (TPSA) is 38.7 Å². The summed E-state index contributed by atoms with van der Waals surface area (Å²) < 4.78 is 10.5. The maximum absolute atomic E-state index is 10.3. The summed E-state index contributed by atoms with van der Waals surface area (Å²) in [5, 5.41) is 10.3. The molecule has 0 saturated carbocycles. The summed E-state index contributed by atoms with van der Waals surface area (Å²) in [4.78, 5) is 0. The van der Waals surface area contributed by atoms with Gasteiger partial charge in [-0.05, 0) is 36.3 Å². The fourth-order valence-electron chi connectivity index (χ4n) is 2.49. The Morgan fingerprint density at radius 1 is 1.39 bits per heavy atom. The molecule has 0 aromatic heterocycles. The molecule has 1 N–H and O–H groups in total. The number of aliphatic hydroxyl groups excluding tert-OH is 1. The highest BCUT2D eigenvalue weighted by molar-refractivity contribution is 5.24. The number of ether oxygens (including phenoxy) is 2. The first-order chi connectivity index (χ1) is 8.79. The van der Waals surface area contributed by atoms with Crippen molar-refractivity contribution >= 4 is 0 Å². The fourth-order valence-corrected chi connectivity index (χ4v) is 2.49. The summed E-state index contributed by atoms with van der Waals surface area (Å²) in [5.41, 5.74) is 2.11. The molecule has 1 atom stereocenters. The molecule has 1 aromatic carbocycles. The Hall–Kier alpha value is -0.900. The van der Waals surface area contributed by atoms with Gasteiger partial charge in [0.1, 0.15) is 0 Å². The first-order valence-electron chi connectivity index (χ1n) is 6.63. The molecule has 1 aromatic rings. The van der Waals surface area contributed by atoms with Crippen LogP contribution in [0.5, 0.6) is 0 Å². The molecule has 3 heteroatoms. The molecule has 0 aliphatic carbocycles. The van der Waals surface area contributed by atoms with Crippen LogP contribution in [0.3, 0.4) is 0 Å². The van der Waals surface area contributed by atoms with Crippen LogP contribution in [0, 0.1) is 5.92 Å². The van der Waals surface area contributed by atoms with Crippen LogP contribution in [0.2, 0.25) is 0 Å². The largest absolute Gasteiger partial charge is 0.388 e. The monoisotopic (exact) mass is 250 g/mol. The van der Waals surface area contributed by atoms with Gasteiger partial charge < -0.3 is 14.6 Å². The molecule has 0 amide bonds. The predicted octanol–water partition coefficient (Wildman–Crippen LogP) is 2.68. The van der Waals surface area contributed by atoms with E-state index in [0.717, 1.165) is 43.6 Å². The second kappa shape index (κ2) is 6.88. The average molecular weight is 250 g/mol. The molecule has 1 aliphatic heterocycles. The van der Waals surface area contributed by atoms with Gasteiger partial charge in [0.2, 0.25) is 0 Å². The zero-order chi connectivity index (χ0) is 12.8. The summed E-state index contributed by atoms with van der Waals surface area (Å²) in [7, 11) is 1.69. The smallest absolute Gasteiger partial charge is 0.0792 e. The van der Waals surface area contributed by atoms with Gasteiger partial charge in [-0.2, -0.15) is 0 Å². The minimum Gasteiger partial charge on any atom is -0.388 e. The average Bonchev–Trinajstić information content (AvgIpc) is 2.40. The van der Waals surface area contributed by atoms with Crippen LogP contribution >= 0.6 is 0 Å². The summed E-state index contributed by atoms with van der Waals surface area (Å²) in [6.07, 6.45) is 2.59. The van der Waals surface area contributed by atoms with E-state index in [4.69, 9.17) is 9.47 Å². The Morgan fingerprint density at radius 3 is 2.89 bits per heavy atom. The number of rotatable bonds is 5. The standard InChI is InChI=1S/C15H22O3/c1-17-11-13-3-2-4-14(9-13)15(16)10-12-5-7-18-8-6-12/h2-4,9,12,15-16H,5-8,10-11H2,1H3. The SMILES string of the molecule is COCc1cccc(C(O)CC2CCOCC2)c1. The van der Waals surface area contributed by atoms with Crippen molar-refractivity contribution < 1.29 is 14.6 Å². The van der Waals surface area contributed by atoms with Crippen molar-refractivity contribution in [2.24, 2.45) is 5.92 Å². The van der Waals surface area contributed by atoms with Gasteiger partial charge in [0.25, 0.3) is 0 Å².